The highest BCUT2D eigenvalue weighted by atomic mass is 19.4. The maximum Gasteiger partial charge on any atom is 0.416 e. The quantitative estimate of drug-likeness (QED) is 0.683. The number of carbonyl (C=O) groups is 1. The number of hydrogen-bond donors (Lipinski definition) is 0. The van der Waals surface area contributed by atoms with Crippen molar-refractivity contribution in [2.75, 3.05) is 7.11 Å². The number of esters is 1. The number of benzene rings is 2. The van der Waals surface area contributed by atoms with E-state index in [4.69, 9.17) is 4.74 Å². The van der Waals surface area contributed by atoms with E-state index in [2.05, 4.69) is 5.10 Å². The fourth-order valence-electron chi connectivity index (χ4n) is 2.49. The van der Waals surface area contributed by atoms with Crippen LogP contribution in [0.5, 0.6) is 0 Å². The smallest absolute Gasteiger partial charge is 0.416 e. The van der Waals surface area contributed by atoms with Crippen molar-refractivity contribution in [3.05, 3.63) is 65.4 Å². The van der Waals surface area contributed by atoms with Crippen LogP contribution in [-0.2, 0) is 17.5 Å². The Bertz CT molecular complexity index is 883. The summed E-state index contributed by atoms with van der Waals surface area (Å²) in [6.07, 6.45) is -2.81. The molecule has 0 saturated heterocycles. The minimum atomic E-state index is -4.35. The molecule has 0 N–H and O–H groups in total. The van der Waals surface area contributed by atoms with Gasteiger partial charge in [-0.2, -0.15) is 18.3 Å². The summed E-state index contributed by atoms with van der Waals surface area (Å²) in [6, 6.07) is 10.1. The molecule has 0 radical (unpaired) electrons. The number of methoxy groups -OCH3 is 1. The molecule has 7 heteroatoms. The predicted octanol–water partition coefficient (Wildman–Crippen LogP) is 3.89. The lowest BCUT2D eigenvalue weighted by atomic mass is 10.1. The van der Waals surface area contributed by atoms with E-state index in [1.165, 1.54) is 19.2 Å². The number of halogens is 3. The van der Waals surface area contributed by atoms with Gasteiger partial charge >= 0.3 is 12.1 Å². The Kier molecular flexibility index (Phi) is 4.01. The van der Waals surface area contributed by atoms with Crippen LogP contribution >= 0.6 is 0 Å². The fraction of sp³-hybridized carbons (Fsp3) is 0.176. The number of fused-ring (bicyclic) bond motifs is 1. The minimum absolute atomic E-state index is 0.298. The normalized spacial score (nSPS) is 11.7. The average Bonchev–Trinajstić information content (AvgIpc) is 2.97. The summed E-state index contributed by atoms with van der Waals surface area (Å²) in [5, 5.41) is 4.86. The zero-order valence-corrected chi connectivity index (χ0v) is 12.7. The summed E-state index contributed by atoms with van der Waals surface area (Å²) in [7, 11) is 1.30. The molecule has 0 amide bonds. The largest absolute Gasteiger partial charge is 0.465 e. The first-order chi connectivity index (χ1) is 11.4. The van der Waals surface area contributed by atoms with Crippen LogP contribution in [0.25, 0.3) is 10.9 Å². The van der Waals surface area contributed by atoms with Crippen LogP contribution in [0, 0.1) is 0 Å². The number of aromatic nitrogens is 2. The van der Waals surface area contributed by atoms with Crippen molar-refractivity contribution < 1.29 is 22.7 Å². The second-order valence-corrected chi connectivity index (χ2v) is 5.23. The molecule has 3 rings (SSSR count). The van der Waals surface area contributed by atoms with Gasteiger partial charge in [0.1, 0.15) is 0 Å². The molecule has 0 aliphatic heterocycles. The van der Waals surface area contributed by atoms with E-state index in [0.29, 0.717) is 28.6 Å². The molecule has 4 nitrogen and oxygen atoms in total. The number of ether oxygens (including phenoxy) is 1. The van der Waals surface area contributed by atoms with Crippen molar-refractivity contribution in [3.8, 4) is 0 Å². The maximum absolute atomic E-state index is 12.6. The standard InChI is InChI=1S/C17H13F3N2O2/c1-24-16(23)13-3-2-4-15-14(13)9-21-22(15)10-11-5-7-12(8-6-11)17(18,19)20/h2-9H,10H2,1H3. The SMILES string of the molecule is COC(=O)c1cccc2c1cnn2Cc1ccc(C(F)(F)F)cc1. The summed E-state index contributed by atoms with van der Waals surface area (Å²) >= 11 is 0. The first kappa shape index (κ1) is 16.0. The lowest BCUT2D eigenvalue weighted by Gasteiger charge is -2.08. The third kappa shape index (κ3) is 2.97. The second kappa shape index (κ2) is 5.99. The molecule has 0 fully saturated rings. The summed E-state index contributed by atoms with van der Waals surface area (Å²) in [5.41, 5.74) is 1.09. The highest BCUT2D eigenvalue weighted by Crippen LogP contribution is 2.29. The number of rotatable bonds is 3. The molecule has 1 heterocycles. The van der Waals surface area contributed by atoms with Gasteiger partial charge in [0.05, 0.1) is 36.5 Å². The zero-order valence-electron chi connectivity index (χ0n) is 12.7. The fourth-order valence-corrected chi connectivity index (χ4v) is 2.49. The topological polar surface area (TPSA) is 44.1 Å². The Morgan fingerprint density at radius 3 is 2.50 bits per heavy atom. The summed E-state index contributed by atoms with van der Waals surface area (Å²) in [6.45, 7) is 0.298. The molecule has 0 atom stereocenters. The van der Waals surface area contributed by atoms with E-state index in [1.807, 2.05) is 0 Å². The minimum Gasteiger partial charge on any atom is -0.465 e. The van der Waals surface area contributed by atoms with E-state index in [-0.39, 0.29) is 0 Å². The molecule has 0 saturated carbocycles. The first-order valence-electron chi connectivity index (χ1n) is 7.09. The van der Waals surface area contributed by atoms with Gasteiger partial charge in [-0.3, -0.25) is 4.68 Å². The predicted molar refractivity (Wildman–Crippen MR) is 81.6 cm³/mol. The van der Waals surface area contributed by atoms with Crippen LogP contribution in [-0.4, -0.2) is 22.9 Å². The summed E-state index contributed by atoms with van der Waals surface area (Å²) in [4.78, 5) is 11.8. The highest BCUT2D eigenvalue weighted by molar-refractivity contribution is 6.03. The zero-order chi connectivity index (χ0) is 17.3. The second-order valence-electron chi connectivity index (χ2n) is 5.23. The molecule has 124 valence electrons. The molecule has 3 aromatic rings. The molecule has 2 aromatic carbocycles. The van der Waals surface area contributed by atoms with Crippen LogP contribution < -0.4 is 0 Å². The number of carbonyl (C=O) groups excluding carboxylic acids is 1. The van der Waals surface area contributed by atoms with Crippen LogP contribution in [0.1, 0.15) is 21.5 Å². The molecule has 0 spiro atoms. The van der Waals surface area contributed by atoms with Gasteiger partial charge < -0.3 is 4.74 Å². The number of nitrogens with zero attached hydrogens (tertiary/aromatic N) is 2. The molecule has 0 aliphatic rings. The van der Waals surface area contributed by atoms with Gasteiger partial charge in [0, 0.05) is 5.39 Å². The summed E-state index contributed by atoms with van der Waals surface area (Å²) in [5.74, 6) is -0.463. The molecule has 1 aromatic heterocycles. The van der Waals surface area contributed by atoms with E-state index >= 15 is 0 Å². The van der Waals surface area contributed by atoms with E-state index in [9.17, 15) is 18.0 Å². The maximum atomic E-state index is 12.6. The van der Waals surface area contributed by atoms with Gasteiger partial charge in [-0.1, -0.05) is 18.2 Å². The van der Waals surface area contributed by atoms with Crippen molar-refractivity contribution in [2.45, 2.75) is 12.7 Å². The molecule has 24 heavy (non-hydrogen) atoms. The molecular weight excluding hydrogens is 321 g/mol. The number of hydrogen-bond acceptors (Lipinski definition) is 3. The van der Waals surface area contributed by atoms with Gasteiger partial charge in [0.25, 0.3) is 0 Å². The van der Waals surface area contributed by atoms with Gasteiger partial charge in [0.2, 0.25) is 0 Å². The van der Waals surface area contributed by atoms with Gasteiger partial charge in [-0.15, -0.1) is 0 Å². The Morgan fingerprint density at radius 1 is 1.17 bits per heavy atom. The molecule has 0 aliphatic carbocycles. The summed E-state index contributed by atoms with van der Waals surface area (Å²) < 4.78 is 44.2. The molecule has 0 bridgehead atoms. The van der Waals surface area contributed by atoms with E-state index in [1.54, 1.807) is 29.1 Å². The first-order valence-corrected chi connectivity index (χ1v) is 7.09. The monoisotopic (exact) mass is 334 g/mol. The average molecular weight is 334 g/mol. The third-order valence-corrected chi connectivity index (χ3v) is 3.71. The van der Waals surface area contributed by atoms with Crippen LogP contribution in [0.3, 0.4) is 0 Å². The Labute approximate surface area is 135 Å². The molecular formula is C17H13F3N2O2. The van der Waals surface area contributed by atoms with Crippen LogP contribution in [0.2, 0.25) is 0 Å². The van der Waals surface area contributed by atoms with Crippen molar-refractivity contribution in [2.24, 2.45) is 0 Å². The lowest BCUT2D eigenvalue weighted by molar-refractivity contribution is -0.137. The lowest BCUT2D eigenvalue weighted by Crippen LogP contribution is -2.06. The van der Waals surface area contributed by atoms with Crippen molar-refractivity contribution in [1.29, 1.82) is 0 Å². The van der Waals surface area contributed by atoms with Crippen molar-refractivity contribution >= 4 is 16.9 Å². The third-order valence-electron chi connectivity index (χ3n) is 3.71. The Morgan fingerprint density at radius 2 is 1.88 bits per heavy atom. The van der Waals surface area contributed by atoms with E-state index in [0.717, 1.165) is 12.1 Å². The van der Waals surface area contributed by atoms with Gasteiger partial charge in [-0.25, -0.2) is 4.79 Å². The Balaban J connectivity index is 1.92. The van der Waals surface area contributed by atoms with Crippen LogP contribution in [0.15, 0.2) is 48.7 Å². The van der Waals surface area contributed by atoms with Crippen molar-refractivity contribution in [3.63, 3.8) is 0 Å². The van der Waals surface area contributed by atoms with Gasteiger partial charge in [0.15, 0.2) is 0 Å². The highest BCUT2D eigenvalue weighted by Gasteiger charge is 2.29. The van der Waals surface area contributed by atoms with E-state index < -0.39 is 17.7 Å². The van der Waals surface area contributed by atoms with Crippen LogP contribution in [0.4, 0.5) is 13.2 Å². The molecule has 0 unspecified atom stereocenters. The van der Waals surface area contributed by atoms with Gasteiger partial charge in [-0.05, 0) is 29.8 Å². The number of alkyl halides is 3. The Hall–Kier alpha value is -2.83. The van der Waals surface area contributed by atoms with Crippen molar-refractivity contribution in [1.82, 2.24) is 9.78 Å².